The Kier molecular flexibility index (Phi) is 3.21. The van der Waals surface area contributed by atoms with Gasteiger partial charge in [0.25, 0.3) is 0 Å². The molecule has 0 amide bonds. The molecule has 1 atom stereocenters. The van der Waals surface area contributed by atoms with E-state index in [-0.39, 0.29) is 17.6 Å². The second-order valence-corrected chi connectivity index (χ2v) is 3.87. The maximum atomic E-state index is 13.0. The number of rotatable bonds is 3. The Bertz CT molecular complexity index is 144. The summed E-state index contributed by atoms with van der Waals surface area (Å²) < 4.78 is 13.0. The summed E-state index contributed by atoms with van der Waals surface area (Å²) >= 11 is 0. The van der Waals surface area contributed by atoms with Crippen LogP contribution in [0.3, 0.4) is 0 Å². The van der Waals surface area contributed by atoms with E-state index < -0.39 is 5.67 Å². The SMILES string of the molecule is CC(C)C(C)C(=O)C(C)(C)F. The van der Waals surface area contributed by atoms with Crippen molar-refractivity contribution in [3.05, 3.63) is 0 Å². The molecule has 0 spiro atoms. The Balaban J connectivity index is 4.26. The van der Waals surface area contributed by atoms with Crippen molar-refractivity contribution in [3.8, 4) is 0 Å². The highest BCUT2D eigenvalue weighted by Crippen LogP contribution is 2.21. The van der Waals surface area contributed by atoms with Crippen LogP contribution in [-0.4, -0.2) is 11.5 Å². The van der Waals surface area contributed by atoms with Gasteiger partial charge in [-0.1, -0.05) is 20.8 Å². The molecule has 0 aliphatic carbocycles. The van der Waals surface area contributed by atoms with Crippen molar-refractivity contribution in [1.29, 1.82) is 0 Å². The molecular weight excluding hydrogens is 143 g/mol. The maximum absolute atomic E-state index is 13.0. The van der Waals surface area contributed by atoms with Crippen LogP contribution in [0, 0.1) is 11.8 Å². The van der Waals surface area contributed by atoms with E-state index in [1.807, 2.05) is 13.8 Å². The number of carbonyl (C=O) groups excluding carboxylic acids is 1. The number of Topliss-reactive ketones (excluding diaryl/α,β-unsaturated/α-hetero) is 1. The second-order valence-electron chi connectivity index (χ2n) is 3.87. The molecule has 0 aromatic heterocycles. The fourth-order valence-electron chi connectivity index (χ4n) is 0.844. The number of carbonyl (C=O) groups is 1. The van der Waals surface area contributed by atoms with Crippen molar-refractivity contribution >= 4 is 5.78 Å². The van der Waals surface area contributed by atoms with Crippen LogP contribution >= 0.6 is 0 Å². The molecule has 0 aromatic rings. The van der Waals surface area contributed by atoms with Crippen LogP contribution in [0.2, 0.25) is 0 Å². The summed E-state index contributed by atoms with van der Waals surface area (Å²) in [5.41, 5.74) is -1.68. The molecule has 0 fully saturated rings. The largest absolute Gasteiger partial charge is 0.296 e. The molecule has 0 saturated carbocycles. The fraction of sp³-hybridized carbons (Fsp3) is 0.889. The summed E-state index contributed by atoms with van der Waals surface area (Å²) in [6.07, 6.45) is 0. The summed E-state index contributed by atoms with van der Waals surface area (Å²) in [5.74, 6) is -0.264. The predicted octanol–water partition coefficient (Wildman–Crippen LogP) is 2.60. The topological polar surface area (TPSA) is 17.1 Å². The van der Waals surface area contributed by atoms with Crippen LogP contribution in [0.25, 0.3) is 0 Å². The predicted molar refractivity (Wildman–Crippen MR) is 44.2 cm³/mol. The van der Waals surface area contributed by atoms with Gasteiger partial charge in [-0.3, -0.25) is 4.79 Å². The minimum atomic E-state index is -1.68. The molecule has 0 aromatic carbocycles. The van der Waals surface area contributed by atoms with Gasteiger partial charge in [-0.2, -0.15) is 0 Å². The Hall–Kier alpha value is -0.400. The number of hydrogen-bond donors (Lipinski definition) is 0. The van der Waals surface area contributed by atoms with Gasteiger partial charge >= 0.3 is 0 Å². The number of hydrogen-bond acceptors (Lipinski definition) is 1. The summed E-state index contributed by atoms with van der Waals surface area (Å²) in [6.45, 7) is 8.25. The molecule has 1 unspecified atom stereocenters. The zero-order valence-corrected chi connectivity index (χ0v) is 7.94. The lowest BCUT2D eigenvalue weighted by Gasteiger charge is -2.20. The van der Waals surface area contributed by atoms with Crippen LogP contribution in [0.4, 0.5) is 4.39 Å². The highest BCUT2D eigenvalue weighted by atomic mass is 19.1. The average Bonchev–Trinajstić information content (AvgIpc) is 1.82. The van der Waals surface area contributed by atoms with Gasteiger partial charge in [0.05, 0.1) is 0 Å². The molecule has 0 aliphatic rings. The van der Waals surface area contributed by atoms with E-state index in [1.165, 1.54) is 13.8 Å². The van der Waals surface area contributed by atoms with Gasteiger partial charge < -0.3 is 0 Å². The third-order valence-corrected chi connectivity index (χ3v) is 2.00. The summed E-state index contributed by atoms with van der Waals surface area (Å²) in [6, 6.07) is 0. The summed E-state index contributed by atoms with van der Waals surface area (Å²) in [5, 5.41) is 0. The zero-order valence-electron chi connectivity index (χ0n) is 7.94. The molecule has 0 radical (unpaired) electrons. The van der Waals surface area contributed by atoms with Crippen LogP contribution in [-0.2, 0) is 4.79 Å². The molecule has 1 nitrogen and oxygen atoms in total. The first-order valence-corrected chi connectivity index (χ1v) is 4.00. The molecule has 11 heavy (non-hydrogen) atoms. The van der Waals surface area contributed by atoms with Gasteiger partial charge in [-0.05, 0) is 19.8 Å². The van der Waals surface area contributed by atoms with Crippen molar-refractivity contribution in [2.75, 3.05) is 0 Å². The monoisotopic (exact) mass is 160 g/mol. The lowest BCUT2D eigenvalue weighted by molar-refractivity contribution is -0.133. The van der Waals surface area contributed by atoms with Gasteiger partial charge in [0.15, 0.2) is 11.5 Å². The minimum absolute atomic E-state index is 0.185. The van der Waals surface area contributed by atoms with Gasteiger partial charge in [0, 0.05) is 5.92 Å². The molecular formula is C9H17FO. The molecule has 2 heteroatoms. The van der Waals surface area contributed by atoms with Crippen molar-refractivity contribution < 1.29 is 9.18 Å². The highest BCUT2D eigenvalue weighted by Gasteiger charge is 2.32. The zero-order chi connectivity index (χ0) is 9.23. The van der Waals surface area contributed by atoms with Crippen LogP contribution in [0.5, 0.6) is 0 Å². The smallest absolute Gasteiger partial charge is 0.172 e. The van der Waals surface area contributed by atoms with E-state index in [2.05, 4.69) is 0 Å². The van der Waals surface area contributed by atoms with E-state index >= 15 is 0 Å². The molecule has 0 aliphatic heterocycles. The summed E-state index contributed by atoms with van der Waals surface area (Å²) in [7, 11) is 0. The quantitative estimate of drug-likeness (QED) is 0.620. The Morgan fingerprint density at radius 3 is 1.73 bits per heavy atom. The van der Waals surface area contributed by atoms with Crippen LogP contribution < -0.4 is 0 Å². The molecule has 66 valence electrons. The van der Waals surface area contributed by atoms with E-state index in [0.717, 1.165) is 0 Å². The molecule has 0 bridgehead atoms. The van der Waals surface area contributed by atoms with Gasteiger partial charge in [-0.15, -0.1) is 0 Å². The molecule has 0 N–H and O–H groups in total. The number of halogens is 1. The van der Waals surface area contributed by atoms with E-state index in [9.17, 15) is 9.18 Å². The normalized spacial score (nSPS) is 15.2. The Morgan fingerprint density at radius 2 is 1.64 bits per heavy atom. The van der Waals surface area contributed by atoms with Crippen molar-refractivity contribution in [1.82, 2.24) is 0 Å². The van der Waals surface area contributed by atoms with Crippen molar-refractivity contribution in [3.63, 3.8) is 0 Å². The Labute approximate surface area is 68.0 Å². The highest BCUT2D eigenvalue weighted by molar-refractivity contribution is 5.88. The van der Waals surface area contributed by atoms with E-state index in [1.54, 1.807) is 6.92 Å². The first-order chi connectivity index (χ1) is 4.76. The molecule has 0 heterocycles. The van der Waals surface area contributed by atoms with Crippen LogP contribution in [0.1, 0.15) is 34.6 Å². The number of ketones is 1. The number of alkyl halides is 1. The molecule has 0 rings (SSSR count). The first kappa shape index (κ1) is 10.6. The Morgan fingerprint density at radius 1 is 1.27 bits per heavy atom. The lowest BCUT2D eigenvalue weighted by Crippen LogP contribution is -2.33. The van der Waals surface area contributed by atoms with Crippen molar-refractivity contribution in [2.45, 2.75) is 40.3 Å². The second kappa shape index (κ2) is 3.33. The maximum Gasteiger partial charge on any atom is 0.172 e. The lowest BCUT2D eigenvalue weighted by atomic mass is 9.86. The van der Waals surface area contributed by atoms with Gasteiger partial charge in [-0.25, -0.2) is 4.39 Å². The summed E-state index contributed by atoms with van der Waals surface area (Å²) in [4.78, 5) is 11.2. The first-order valence-electron chi connectivity index (χ1n) is 4.00. The van der Waals surface area contributed by atoms with Gasteiger partial charge in [0.1, 0.15) is 0 Å². The fourth-order valence-corrected chi connectivity index (χ4v) is 0.844. The molecule has 0 saturated heterocycles. The van der Waals surface area contributed by atoms with E-state index in [0.29, 0.717) is 0 Å². The van der Waals surface area contributed by atoms with Crippen molar-refractivity contribution in [2.24, 2.45) is 11.8 Å². The third-order valence-electron chi connectivity index (χ3n) is 2.00. The minimum Gasteiger partial charge on any atom is -0.296 e. The van der Waals surface area contributed by atoms with Crippen LogP contribution in [0.15, 0.2) is 0 Å². The average molecular weight is 160 g/mol. The standard InChI is InChI=1S/C9H17FO/c1-6(2)7(3)8(11)9(4,5)10/h6-7H,1-5H3. The third kappa shape index (κ3) is 3.00. The van der Waals surface area contributed by atoms with E-state index in [4.69, 9.17) is 0 Å². The van der Waals surface area contributed by atoms with Gasteiger partial charge in [0.2, 0.25) is 0 Å².